The Balaban J connectivity index is 1.42. The van der Waals surface area contributed by atoms with Gasteiger partial charge in [0.05, 0.1) is 16.3 Å². The summed E-state index contributed by atoms with van der Waals surface area (Å²) in [4.78, 5) is 39.4. The highest BCUT2D eigenvalue weighted by atomic mass is 32.1. The van der Waals surface area contributed by atoms with E-state index in [0.717, 1.165) is 25.5 Å². The van der Waals surface area contributed by atoms with Crippen LogP contribution in [0.15, 0.2) is 71.6 Å². The molecule has 1 aromatic carbocycles. The molecule has 1 unspecified atom stereocenters. The van der Waals surface area contributed by atoms with Gasteiger partial charge in [-0.15, -0.1) is 22.7 Å². The molecule has 9 heteroatoms. The predicted octanol–water partition coefficient (Wildman–Crippen LogP) is 5.04. The summed E-state index contributed by atoms with van der Waals surface area (Å²) in [6.45, 7) is 0.0877. The molecule has 0 radical (unpaired) electrons. The number of esters is 1. The van der Waals surface area contributed by atoms with Gasteiger partial charge in [0.1, 0.15) is 12.4 Å². The normalized spacial score (nSPS) is 14.6. The van der Waals surface area contributed by atoms with E-state index < -0.39 is 17.7 Å². The van der Waals surface area contributed by atoms with Crippen molar-refractivity contribution >= 4 is 46.5 Å². The van der Waals surface area contributed by atoms with Crippen LogP contribution in [0.1, 0.15) is 45.8 Å². The monoisotopic (exact) mass is 538 g/mol. The van der Waals surface area contributed by atoms with Crippen LogP contribution in [0.5, 0.6) is 0 Å². The van der Waals surface area contributed by atoms with E-state index in [2.05, 4.69) is 5.32 Å². The SMILES string of the molecule is CN(/C=C/C(CC1CCC1)OC(=O)C(O)(c1cccs1)c1cccs1)CC(=O)Nc1ccc(C=O)cc1. The molecule has 0 spiro atoms. The van der Waals surface area contributed by atoms with Crippen molar-refractivity contribution in [3.8, 4) is 0 Å². The second-order valence-corrected chi connectivity index (χ2v) is 11.1. The van der Waals surface area contributed by atoms with Gasteiger partial charge in [-0.25, -0.2) is 4.79 Å². The molecule has 0 aliphatic heterocycles. The number of amides is 1. The lowest BCUT2D eigenvalue weighted by atomic mass is 9.81. The van der Waals surface area contributed by atoms with Gasteiger partial charge in [-0.2, -0.15) is 0 Å². The van der Waals surface area contributed by atoms with E-state index in [4.69, 9.17) is 4.74 Å². The quantitative estimate of drug-likeness (QED) is 0.248. The van der Waals surface area contributed by atoms with Gasteiger partial charge in [0.2, 0.25) is 11.5 Å². The summed E-state index contributed by atoms with van der Waals surface area (Å²) >= 11 is 2.62. The molecule has 3 aromatic rings. The first-order chi connectivity index (χ1) is 17.9. The van der Waals surface area contributed by atoms with E-state index in [0.29, 0.717) is 33.3 Å². The number of ether oxygens (including phenoxy) is 1. The fourth-order valence-corrected chi connectivity index (χ4v) is 5.82. The summed E-state index contributed by atoms with van der Waals surface area (Å²) in [6.07, 6.45) is 7.73. The number of carbonyl (C=O) groups is 3. The number of anilines is 1. The Labute approximate surface area is 224 Å². The highest BCUT2D eigenvalue weighted by Crippen LogP contribution is 2.38. The molecule has 1 aliphatic carbocycles. The number of hydrogen-bond donors (Lipinski definition) is 2. The molecular formula is C28H30N2O5S2. The van der Waals surface area contributed by atoms with Crippen LogP contribution in [0, 0.1) is 5.92 Å². The van der Waals surface area contributed by atoms with Crippen molar-refractivity contribution in [2.45, 2.75) is 37.4 Å². The Kier molecular flexibility index (Phi) is 8.91. The van der Waals surface area contributed by atoms with Gasteiger partial charge < -0.3 is 20.1 Å². The fraction of sp³-hybridized carbons (Fsp3) is 0.321. The second-order valence-electron chi connectivity index (χ2n) is 9.19. The standard InChI is InChI=1S/C28H30N2O5S2/c1-30(18-26(32)29-22-11-9-21(19-31)10-12-22)14-13-23(17-20-5-2-6-20)35-27(33)28(34,24-7-3-15-36-24)25-8-4-16-37-25/h3-4,7-16,19-20,23,34H,2,5-6,17-18H2,1H3,(H,29,32)/b14-13+. The molecule has 4 rings (SSSR count). The molecule has 1 amide bonds. The first-order valence-electron chi connectivity index (χ1n) is 12.1. The van der Waals surface area contributed by atoms with Gasteiger partial charge in [0, 0.05) is 18.3 Å². The summed E-state index contributed by atoms with van der Waals surface area (Å²) in [5, 5.41) is 18.0. The maximum atomic E-state index is 13.4. The first kappa shape index (κ1) is 26.8. The molecule has 2 aromatic heterocycles. The van der Waals surface area contributed by atoms with Crippen LogP contribution in [0.4, 0.5) is 5.69 Å². The topological polar surface area (TPSA) is 95.9 Å². The second kappa shape index (κ2) is 12.3. The number of nitrogens with one attached hydrogen (secondary N) is 1. The fourth-order valence-electron chi connectivity index (χ4n) is 4.10. The van der Waals surface area contributed by atoms with Crippen molar-refractivity contribution in [2.75, 3.05) is 18.9 Å². The number of benzene rings is 1. The highest BCUT2D eigenvalue weighted by molar-refractivity contribution is 7.12. The molecule has 0 saturated heterocycles. The molecule has 2 N–H and O–H groups in total. The lowest BCUT2D eigenvalue weighted by Gasteiger charge is -2.31. The van der Waals surface area contributed by atoms with E-state index in [1.54, 1.807) is 72.8 Å². The van der Waals surface area contributed by atoms with Gasteiger partial charge in [0.25, 0.3) is 0 Å². The van der Waals surface area contributed by atoms with Crippen molar-refractivity contribution in [1.82, 2.24) is 4.90 Å². The zero-order valence-electron chi connectivity index (χ0n) is 20.5. The summed E-state index contributed by atoms with van der Waals surface area (Å²) in [6, 6.07) is 13.7. The smallest absolute Gasteiger partial charge is 0.350 e. The molecule has 37 heavy (non-hydrogen) atoms. The van der Waals surface area contributed by atoms with Gasteiger partial charge in [0.15, 0.2) is 0 Å². The maximum Gasteiger partial charge on any atom is 0.350 e. The van der Waals surface area contributed by atoms with Crippen LogP contribution in [-0.4, -0.2) is 47.9 Å². The number of aldehydes is 1. The van der Waals surface area contributed by atoms with E-state index in [9.17, 15) is 19.5 Å². The van der Waals surface area contributed by atoms with E-state index >= 15 is 0 Å². The van der Waals surface area contributed by atoms with Gasteiger partial charge in [-0.05, 0) is 71.8 Å². The first-order valence-corrected chi connectivity index (χ1v) is 13.9. The van der Waals surface area contributed by atoms with Crippen LogP contribution in [0.25, 0.3) is 0 Å². The average Bonchev–Trinajstić information content (AvgIpc) is 3.59. The summed E-state index contributed by atoms with van der Waals surface area (Å²) in [5.74, 6) is -0.462. The molecule has 2 heterocycles. The van der Waals surface area contributed by atoms with Crippen LogP contribution in [0.3, 0.4) is 0 Å². The zero-order valence-corrected chi connectivity index (χ0v) is 22.2. The average molecular weight is 539 g/mol. The van der Waals surface area contributed by atoms with Crippen molar-refractivity contribution in [2.24, 2.45) is 5.92 Å². The van der Waals surface area contributed by atoms with E-state index in [1.807, 2.05) is 10.8 Å². The molecule has 1 saturated carbocycles. The number of hydrogen-bond acceptors (Lipinski definition) is 8. The highest BCUT2D eigenvalue weighted by Gasteiger charge is 2.44. The molecular weight excluding hydrogens is 508 g/mol. The van der Waals surface area contributed by atoms with Crippen LogP contribution < -0.4 is 5.32 Å². The molecule has 1 aliphatic rings. The van der Waals surface area contributed by atoms with Crippen LogP contribution in [0.2, 0.25) is 0 Å². The Bertz CT molecular complexity index is 1170. The third-order valence-electron chi connectivity index (χ3n) is 6.38. The summed E-state index contributed by atoms with van der Waals surface area (Å²) in [7, 11) is 1.77. The third kappa shape index (κ3) is 6.74. The Morgan fingerprint density at radius 3 is 2.30 bits per heavy atom. The molecule has 1 atom stereocenters. The van der Waals surface area contributed by atoms with Crippen LogP contribution >= 0.6 is 22.7 Å². The van der Waals surface area contributed by atoms with Crippen LogP contribution in [-0.2, 0) is 19.9 Å². The number of likely N-dealkylation sites (N-methyl/N-ethyl adjacent to an activating group) is 1. The minimum atomic E-state index is -1.86. The Morgan fingerprint density at radius 1 is 1.14 bits per heavy atom. The number of nitrogens with zero attached hydrogens (tertiary/aromatic N) is 1. The minimum Gasteiger partial charge on any atom is -0.455 e. The maximum absolute atomic E-state index is 13.4. The van der Waals surface area contributed by atoms with E-state index in [-0.39, 0.29) is 12.5 Å². The largest absolute Gasteiger partial charge is 0.455 e. The molecule has 7 nitrogen and oxygen atoms in total. The minimum absolute atomic E-state index is 0.0877. The zero-order chi connectivity index (χ0) is 26.3. The van der Waals surface area contributed by atoms with Crippen molar-refractivity contribution in [3.05, 3.63) is 86.9 Å². The van der Waals surface area contributed by atoms with Crippen molar-refractivity contribution in [1.29, 1.82) is 0 Å². The summed E-state index contributed by atoms with van der Waals surface area (Å²) < 4.78 is 5.92. The predicted molar refractivity (Wildman–Crippen MR) is 146 cm³/mol. The molecule has 1 fully saturated rings. The number of aliphatic hydroxyl groups is 1. The van der Waals surface area contributed by atoms with Gasteiger partial charge in [-0.3, -0.25) is 9.59 Å². The number of rotatable bonds is 12. The van der Waals surface area contributed by atoms with Crippen molar-refractivity contribution in [3.63, 3.8) is 0 Å². The Morgan fingerprint density at radius 2 is 1.78 bits per heavy atom. The third-order valence-corrected chi connectivity index (χ3v) is 8.34. The number of carbonyl (C=O) groups excluding carboxylic acids is 3. The Hall–Kier alpha value is -3.27. The summed E-state index contributed by atoms with van der Waals surface area (Å²) in [5.41, 5.74) is -0.722. The van der Waals surface area contributed by atoms with Crippen molar-refractivity contribution < 1.29 is 24.2 Å². The lowest BCUT2D eigenvalue weighted by Crippen LogP contribution is -2.39. The molecule has 0 bridgehead atoms. The van der Waals surface area contributed by atoms with Gasteiger partial charge >= 0.3 is 5.97 Å². The molecule has 194 valence electrons. The van der Waals surface area contributed by atoms with Gasteiger partial charge in [-0.1, -0.05) is 31.4 Å². The number of thiophene rings is 2. The van der Waals surface area contributed by atoms with E-state index in [1.165, 1.54) is 22.7 Å². The lowest BCUT2D eigenvalue weighted by molar-refractivity contribution is -0.166.